The topological polar surface area (TPSA) is 60.7 Å². The number of unbranched alkanes of at least 4 members (excludes halogenated alkanes) is 4. The van der Waals surface area contributed by atoms with Crippen molar-refractivity contribution in [2.24, 2.45) is 10.8 Å². The highest BCUT2D eigenvalue weighted by Gasteiger charge is 2.35. The molecule has 0 unspecified atom stereocenters. The van der Waals surface area contributed by atoms with Crippen molar-refractivity contribution in [1.82, 2.24) is 0 Å². The lowest BCUT2D eigenvalue weighted by atomic mass is 9.89. The van der Waals surface area contributed by atoms with Crippen LogP contribution in [0.25, 0.3) is 0 Å². The van der Waals surface area contributed by atoms with Crippen LogP contribution in [-0.2, 0) is 12.8 Å². The smallest absolute Gasteiger partial charge is 0.164 e. The Morgan fingerprint density at radius 1 is 0.852 bits per heavy atom. The molecule has 1 aliphatic rings. The molecule has 0 heterocycles. The van der Waals surface area contributed by atoms with Gasteiger partial charge in [-0.1, -0.05) is 53.4 Å². The fourth-order valence-corrected chi connectivity index (χ4v) is 3.83. The minimum atomic E-state index is -0.141. The van der Waals surface area contributed by atoms with E-state index in [4.69, 9.17) is 0 Å². The Kier molecular flexibility index (Phi) is 7.47. The molecule has 2 rings (SSSR count). The van der Waals surface area contributed by atoms with Gasteiger partial charge in [0.15, 0.2) is 11.5 Å². The Morgan fingerprint density at radius 2 is 1.48 bits per heavy atom. The number of aryl methyl sites for hydroxylation is 1. The average molecular weight is 377 g/mol. The van der Waals surface area contributed by atoms with Crippen molar-refractivity contribution in [3.63, 3.8) is 0 Å². The van der Waals surface area contributed by atoms with E-state index < -0.39 is 0 Å². The number of phenolic OH excluding ortho intramolecular Hbond substituents is 3. The summed E-state index contributed by atoms with van der Waals surface area (Å²) in [5, 5.41) is 30.9. The van der Waals surface area contributed by atoms with Crippen LogP contribution in [0.4, 0.5) is 0 Å². The highest BCUT2D eigenvalue weighted by atomic mass is 16.3. The second kappa shape index (κ2) is 9.21. The second-order valence-electron chi connectivity index (χ2n) is 10.2. The molecule has 0 bridgehead atoms. The van der Waals surface area contributed by atoms with Crippen molar-refractivity contribution >= 4 is 0 Å². The monoisotopic (exact) mass is 376 g/mol. The lowest BCUT2D eigenvalue weighted by Gasteiger charge is -2.17. The quantitative estimate of drug-likeness (QED) is 0.225. The van der Waals surface area contributed by atoms with E-state index in [9.17, 15) is 15.3 Å². The lowest BCUT2D eigenvalue weighted by molar-refractivity contribution is 0.357. The van der Waals surface area contributed by atoms with Gasteiger partial charge in [0.25, 0.3) is 0 Å². The van der Waals surface area contributed by atoms with Gasteiger partial charge in [-0.3, -0.25) is 0 Å². The molecule has 0 atom stereocenters. The molecule has 0 aliphatic heterocycles. The van der Waals surface area contributed by atoms with E-state index in [-0.39, 0.29) is 17.2 Å². The van der Waals surface area contributed by atoms with Crippen molar-refractivity contribution in [2.45, 2.75) is 105 Å². The van der Waals surface area contributed by atoms with Gasteiger partial charge in [0.2, 0.25) is 0 Å². The van der Waals surface area contributed by atoms with Crippen LogP contribution < -0.4 is 0 Å². The van der Waals surface area contributed by atoms with E-state index in [1.54, 1.807) is 0 Å². The van der Waals surface area contributed by atoms with E-state index in [1.807, 2.05) is 0 Å². The molecule has 1 aromatic carbocycles. The van der Waals surface area contributed by atoms with E-state index >= 15 is 0 Å². The van der Waals surface area contributed by atoms with Gasteiger partial charge in [-0.25, -0.2) is 0 Å². The van der Waals surface area contributed by atoms with Crippen molar-refractivity contribution in [2.75, 3.05) is 0 Å². The first-order valence-corrected chi connectivity index (χ1v) is 10.9. The largest absolute Gasteiger partial charge is 0.507 e. The van der Waals surface area contributed by atoms with Crippen LogP contribution in [0.5, 0.6) is 17.2 Å². The molecule has 1 fully saturated rings. The lowest BCUT2D eigenvalue weighted by Crippen LogP contribution is -2.04. The van der Waals surface area contributed by atoms with Crippen molar-refractivity contribution in [3.8, 4) is 17.2 Å². The summed E-state index contributed by atoms with van der Waals surface area (Å²) in [7, 11) is 0. The number of aromatic hydroxyl groups is 3. The molecule has 3 nitrogen and oxygen atoms in total. The third-order valence-corrected chi connectivity index (χ3v) is 6.11. The van der Waals surface area contributed by atoms with Gasteiger partial charge in [-0.05, 0) is 73.8 Å². The number of phenols is 3. The molecule has 27 heavy (non-hydrogen) atoms. The Bertz CT molecular complexity index is 609. The van der Waals surface area contributed by atoms with Crippen LogP contribution in [0.2, 0.25) is 0 Å². The maximum absolute atomic E-state index is 10.6. The van der Waals surface area contributed by atoms with Crippen molar-refractivity contribution in [3.05, 3.63) is 17.2 Å². The summed E-state index contributed by atoms with van der Waals surface area (Å²) in [6.45, 7) is 9.13. The minimum Gasteiger partial charge on any atom is -0.507 e. The minimum absolute atomic E-state index is 0.0991. The van der Waals surface area contributed by atoms with Crippen LogP contribution in [0.15, 0.2) is 6.07 Å². The van der Waals surface area contributed by atoms with E-state index in [1.165, 1.54) is 44.6 Å². The van der Waals surface area contributed by atoms with Crippen LogP contribution in [0.3, 0.4) is 0 Å². The molecule has 0 radical (unpaired) electrons. The van der Waals surface area contributed by atoms with Gasteiger partial charge in [0.1, 0.15) is 5.75 Å². The summed E-state index contributed by atoms with van der Waals surface area (Å²) in [4.78, 5) is 0. The first-order valence-electron chi connectivity index (χ1n) is 10.9. The molecule has 1 aliphatic carbocycles. The standard InChI is InChI=1S/C24H40O3/c1-23(2,3)13-9-5-7-11-18-17-20(25)22(27)19(21(18)26)12-8-6-10-14-24(4)15-16-24/h17,25-27H,5-16H2,1-4H3. The Labute approximate surface area is 165 Å². The number of hydrogen-bond acceptors (Lipinski definition) is 3. The van der Waals surface area contributed by atoms with Gasteiger partial charge in [0, 0.05) is 5.56 Å². The molecular weight excluding hydrogens is 336 g/mol. The first kappa shape index (κ1) is 21.9. The summed E-state index contributed by atoms with van der Waals surface area (Å²) in [6.07, 6.45) is 13.1. The molecule has 0 saturated heterocycles. The summed E-state index contributed by atoms with van der Waals surface area (Å²) < 4.78 is 0. The van der Waals surface area contributed by atoms with E-state index in [2.05, 4.69) is 27.7 Å². The Morgan fingerprint density at radius 3 is 2.11 bits per heavy atom. The second-order valence-corrected chi connectivity index (χ2v) is 10.2. The van der Waals surface area contributed by atoms with Gasteiger partial charge in [0.05, 0.1) is 0 Å². The summed E-state index contributed by atoms with van der Waals surface area (Å²) >= 11 is 0. The van der Waals surface area contributed by atoms with Crippen LogP contribution in [0, 0.1) is 10.8 Å². The summed E-state index contributed by atoms with van der Waals surface area (Å²) in [6, 6.07) is 1.53. The molecule has 0 spiro atoms. The van der Waals surface area contributed by atoms with Crippen LogP contribution >= 0.6 is 0 Å². The molecule has 154 valence electrons. The molecule has 3 N–H and O–H groups in total. The molecule has 0 aromatic heterocycles. The maximum atomic E-state index is 10.6. The highest BCUT2D eigenvalue weighted by Crippen LogP contribution is 2.49. The number of rotatable bonds is 11. The molecule has 0 amide bonds. The molecule has 1 saturated carbocycles. The predicted octanol–water partition coefficient (Wildman–Crippen LogP) is 6.86. The van der Waals surface area contributed by atoms with E-state index in [0.29, 0.717) is 22.8 Å². The number of hydrogen-bond donors (Lipinski definition) is 3. The van der Waals surface area contributed by atoms with Gasteiger partial charge >= 0.3 is 0 Å². The third-order valence-electron chi connectivity index (χ3n) is 6.11. The third kappa shape index (κ3) is 7.27. The Balaban J connectivity index is 1.83. The zero-order valence-electron chi connectivity index (χ0n) is 17.9. The fraction of sp³-hybridized carbons (Fsp3) is 0.750. The first-order chi connectivity index (χ1) is 12.6. The van der Waals surface area contributed by atoms with Crippen molar-refractivity contribution < 1.29 is 15.3 Å². The predicted molar refractivity (Wildman–Crippen MR) is 113 cm³/mol. The normalized spacial score (nSPS) is 15.9. The van der Waals surface area contributed by atoms with E-state index in [0.717, 1.165) is 37.7 Å². The molecule has 3 heteroatoms. The fourth-order valence-electron chi connectivity index (χ4n) is 3.83. The molecule has 1 aromatic rings. The Hall–Kier alpha value is -1.38. The SMILES string of the molecule is CC(C)(C)CCCCCc1cc(O)c(O)c(CCCCCC2(C)CC2)c1O. The summed E-state index contributed by atoms with van der Waals surface area (Å²) in [5.74, 6) is -0.0496. The zero-order chi connectivity index (χ0) is 20.1. The van der Waals surface area contributed by atoms with Crippen molar-refractivity contribution in [1.29, 1.82) is 0 Å². The number of benzene rings is 1. The summed E-state index contributed by atoms with van der Waals surface area (Å²) in [5.41, 5.74) is 2.25. The average Bonchev–Trinajstić information content (AvgIpc) is 3.31. The van der Waals surface area contributed by atoms with Crippen LogP contribution in [-0.4, -0.2) is 15.3 Å². The van der Waals surface area contributed by atoms with Gasteiger partial charge < -0.3 is 15.3 Å². The molecular formula is C24H40O3. The zero-order valence-corrected chi connectivity index (χ0v) is 17.9. The maximum Gasteiger partial charge on any atom is 0.164 e. The van der Waals surface area contributed by atoms with Crippen LogP contribution in [0.1, 0.15) is 103 Å². The highest BCUT2D eigenvalue weighted by molar-refractivity contribution is 5.56. The van der Waals surface area contributed by atoms with Gasteiger partial charge in [-0.2, -0.15) is 0 Å². The van der Waals surface area contributed by atoms with Gasteiger partial charge in [-0.15, -0.1) is 0 Å².